The summed E-state index contributed by atoms with van der Waals surface area (Å²) in [5.74, 6) is 0.778. The van der Waals surface area contributed by atoms with Gasteiger partial charge in [-0.1, -0.05) is 13.8 Å². The van der Waals surface area contributed by atoms with Gasteiger partial charge in [-0.3, -0.25) is 9.59 Å². The fourth-order valence-corrected chi connectivity index (χ4v) is 3.03. The first-order valence-corrected chi connectivity index (χ1v) is 5.50. The van der Waals surface area contributed by atoms with Crippen LogP contribution in [-0.2, 0) is 14.3 Å². The van der Waals surface area contributed by atoms with Gasteiger partial charge in [0.05, 0.1) is 0 Å². The van der Waals surface area contributed by atoms with E-state index in [2.05, 4.69) is 13.8 Å². The summed E-state index contributed by atoms with van der Waals surface area (Å²) in [7, 11) is 0. The molecule has 0 amide bonds. The predicted octanol–water partition coefficient (Wildman–Crippen LogP) is 1.94. The van der Waals surface area contributed by atoms with E-state index in [1.54, 1.807) is 6.92 Å². The highest BCUT2D eigenvalue weighted by Crippen LogP contribution is 2.65. The van der Waals surface area contributed by atoms with Gasteiger partial charge in [-0.15, -0.1) is 0 Å². The second-order valence-corrected chi connectivity index (χ2v) is 5.69. The minimum atomic E-state index is -0.860. The first-order chi connectivity index (χ1) is 6.77. The molecule has 0 radical (unpaired) electrons. The van der Waals surface area contributed by atoms with E-state index in [0.717, 1.165) is 0 Å². The molecule has 0 N–H and O–H groups in total. The van der Waals surface area contributed by atoms with Crippen LogP contribution in [0.2, 0.25) is 0 Å². The van der Waals surface area contributed by atoms with Crippen molar-refractivity contribution in [1.29, 1.82) is 0 Å². The van der Waals surface area contributed by atoms with Crippen LogP contribution in [-0.4, -0.2) is 17.4 Å². The molecule has 0 aromatic rings. The molecular formula is C12H18O3. The maximum atomic E-state index is 11.9. The average molecular weight is 210 g/mol. The van der Waals surface area contributed by atoms with E-state index in [-0.39, 0.29) is 17.2 Å². The normalized spacial score (nSPS) is 42.0. The zero-order chi connectivity index (χ0) is 11.4. The van der Waals surface area contributed by atoms with Crippen molar-refractivity contribution >= 4 is 11.8 Å². The van der Waals surface area contributed by atoms with E-state index in [1.807, 2.05) is 0 Å². The Bertz CT molecular complexity index is 332. The number of ketones is 1. The summed E-state index contributed by atoms with van der Waals surface area (Å²) in [5.41, 5.74) is -0.603. The number of rotatable bonds is 1. The van der Waals surface area contributed by atoms with E-state index in [9.17, 15) is 9.59 Å². The van der Waals surface area contributed by atoms with Gasteiger partial charge in [0.2, 0.25) is 0 Å². The molecule has 3 heteroatoms. The van der Waals surface area contributed by atoms with Crippen LogP contribution in [0.15, 0.2) is 0 Å². The van der Waals surface area contributed by atoms with Crippen LogP contribution >= 0.6 is 0 Å². The summed E-state index contributed by atoms with van der Waals surface area (Å²) < 4.78 is 5.19. The first kappa shape index (κ1) is 10.7. The molecule has 0 heterocycles. The molecule has 84 valence electrons. The number of fused-ring (bicyclic) bond motifs is 1. The van der Waals surface area contributed by atoms with Crippen LogP contribution in [0.5, 0.6) is 0 Å². The Kier molecular flexibility index (Phi) is 2.01. The Morgan fingerprint density at radius 3 is 2.47 bits per heavy atom. The molecule has 2 aliphatic rings. The molecule has 0 unspecified atom stereocenters. The zero-order valence-electron chi connectivity index (χ0n) is 9.79. The van der Waals surface area contributed by atoms with Crippen LogP contribution in [0, 0.1) is 17.3 Å². The van der Waals surface area contributed by atoms with Gasteiger partial charge in [-0.05, 0) is 30.6 Å². The fraction of sp³-hybridized carbons (Fsp3) is 0.833. The molecule has 3 atom stereocenters. The van der Waals surface area contributed by atoms with Crippen molar-refractivity contribution in [1.82, 2.24) is 0 Å². The van der Waals surface area contributed by atoms with Gasteiger partial charge in [0.15, 0.2) is 11.4 Å². The maximum Gasteiger partial charge on any atom is 0.303 e. The van der Waals surface area contributed by atoms with Crippen LogP contribution in [0.3, 0.4) is 0 Å². The third kappa shape index (κ3) is 1.48. The number of Topliss-reactive ketones (excluding diaryl/α,β-unsaturated/α-hetero) is 1. The number of ether oxygens (including phenoxy) is 1. The summed E-state index contributed by atoms with van der Waals surface area (Å²) in [6, 6.07) is 0. The number of hydrogen-bond donors (Lipinski definition) is 0. The van der Waals surface area contributed by atoms with Crippen LogP contribution in [0.4, 0.5) is 0 Å². The molecule has 2 rings (SSSR count). The third-order valence-electron chi connectivity index (χ3n) is 4.26. The van der Waals surface area contributed by atoms with E-state index < -0.39 is 5.60 Å². The van der Waals surface area contributed by atoms with Crippen molar-refractivity contribution in [3.05, 3.63) is 0 Å². The lowest BCUT2D eigenvalue weighted by Gasteiger charge is -2.30. The third-order valence-corrected chi connectivity index (χ3v) is 4.26. The molecule has 0 aromatic heterocycles. The van der Waals surface area contributed by atoms with Gasteiger partial charge in [0, 0.05) is 13.3 Å². The molecule has 0 aliphatic heterocycles. The van der Waals surface area contributed by atoms with E-state index in [0.29, 0.717) is 24.7 Å². The Labute approximate surface area is 90.2 Å². The Hall–Kier alpha value is -0.860. The Balaban J connectivity index is 2.15. The molecule has 3 nitrogen and oxygen atoms in total. The molecular weight excluding hydrogens is 192 g/mol. The predicted molar refractivity (Wildman–Crippen MR) is 55.2 cm³/mol. The second kappa shape index (κ2) is 2.83. The standard InChI is InChI=1S/C12H18O3/c1-7(13)15-12(4)6-9-8(5-10(12)14)11(9,2)3/h8-9H,5-6H2,1-4H3/t8-,9+,12-/m1/s1. The van der Waals surface area contributed by atoms with E-state index >= 15 is 0 Å². The van der Waals surface area contributed by atoms with Gasteiger partial charge in [0.25, 0.3) is 0 Å². The fourth-order valence-electron chi connectivity index (χ4n) is 3.03. The molecule has 0 aromatic carbocycles. The Morgan fingerprint density at radius 1 is 1.33 bits per heavy atom. The van der Waals surface area contributed by atoms with E-state index in [4.69, 9.17) is 4.74 Å². The van der Waals surface area contributed by atoms with Crippen molar-refractivity contribution < 1.29 is 14.3 Å². The number of hydrogen-bond acceptors (Lipinski definition) is 3. The van der Waals surface area contributed by atoms with Gasteiger partial charge in [-0.2, -0.15) is 0 Å². The highest BCUT2D eigenvalue weighted by molar-refractivity contribution is 5.90. The molecule has 2 fully saturated rings. The summed E-state index contributed by atoms with van der Waals surface area (Å²) in [4.78, 5) is 22.9. The summed E-state index contributed by atoms with van der Waals surface area (Å²) in [6.07, 6.45) is 1.27. The SMILES string of the molecule is CC(=O)O[C@]1(C)C[C@H]2[C@@H](CC1=O)C2(C)C. The van der Waals surface area contributed by atoms with Crippen LogP contribution in [0.1, 0.15) is 40.5 Å². The van der Waals surface area contributed by atoms with Gasteiger partial charge in [-0.25, -0.2) is 0 Å². The molecule has 15 heavy (non-hydrogen) atoms. The minimum Gasteiger partial charge on any atom is -0.452 e. The van der Waals surface area contributed by atoms with Crippen molar-refractivity contribution in [3.8, 4) is 0 Å². The van der Waals surface area contributed by atoms with Crippen molar-refractivity contribution in [2.45, 2.75) is 46.1 Å². The highest BCUT2D eigenvalue weighted by Gasteiger charge is 2.65. The molecule has 0 bridgehead atoms. The minimum absolute atomic E-state index is 0.0875. The highest BCUT2D eigenvalue weighted by atomic mass is 16.6. The topological polar surface area (TPSA) is 43.4 Å². The largest absolute Gasteiger partial charge is 0.452 e. The number of carbonyl (C=O) groups is 2. The van der Waals surface area contributed by atoms with Crippen molar-refractivity contribution in [2.24, 2.45) is 17.3 Å². The average Bonchev–Trinajstić information content (AvgIpc) is 2.53. The molecule has 2 saturated carbocycles. The number of esters is 1. The lowest BCUT2D eigenvalue weighted by molar-refractivity contribution is -0.166. The van der Waals surface area contributed by atoms with Crippen molar-refractivity contribution in [2.75, 3.05) is 0 Å². The van der Waals surface area contributed by atoms with Crippen LogP contribution < -0.4 is 0 Å². The van der Waals surface area contributed by atoms with Crippen LogP contribution in [0.25, 0.3) is 0 Å². The van der Waals surface area contributed by atoms with Gasteiger partial charge >= 0.3 is 5.97 Å². The lowest BCUT2D eigenvalue weighted by atomic mass is 9.85. The van der Waals surface area contributed by atoms with E-state index in [1.165, 1.54) is 6.92 Å². The van der Waals surface area contributed by atoms with Crippen molar-refractivity contribution in [3.63, 3.8) is 0 Å². The lowest BCUT2D eigenvalue weighted by Crippen LogP contribution is -2.43. The number of carbonyl (C=O) groups excluding carboxylic acids is 2. The quantitative estimate of drug-likeness (QED) is 0.621. The smallest absolute Gasteiger partial charge is 0.303 e. The van der Waals surface area contributed by atoms with Gasteiger partial charge in [0.1, 0.15) is 0 Å². The summed E-state index contributed by atoms with van der Waals surface area (Å²) in [6.45, 7) is 7.49. The molecule has 0 saturated heterocycles. The zero-order valence-corrected chi connectivity index (χ0v) is 9.79. The second-order valence-electron chi connectivity index (χ2n) is 5.69. The Morgan fingerprint density at radius 2 is 1.93 bits per heavy atom. The maximum absolute atomic E-state index is 11.9. The summed E-state index contributed by atoms with van der Waals surface area (Å²) >= 11 is 0. The monoisotopic (exact) mass is 210 g/mol. The summed E-state index contributed by atoms with van der Waals surface area (Å²) in [5, 5.41) is 0. The molecule has 2 aliphatic carbocycles. The first-order valence-electron chi connectivity index (χ1n) is 5.50. The van der Waals surface area contributed by atoms with Gasteiger partial charge < -0.3 is 4.74 Å². The molecule has 0 spiro atoms.